The van der Waals surface area contributed by atoms with Crippen molar-refractivity contribution >= 4 is 55.2 Å². The molecule has 0 bridgehead atoms. The molecule has 0 spiro atoms. The minimum atomic E-state index is 1.12. The highest BCUT2D eigenvalue weighted by molar-refractivity contribution is 6.14. The van der Waals surface area contributed by atoms with E-state index in [1.807, 2.05) is 12.2 Å². The molecule has 206 valence electrons. The Morgan fingerprint density at radius 1 is 0.341 bits per heavy atom. The molecule has 0 radical (unpaired) electrons. The molecule has 0 nitrogen and oxygen atoms in total. The standard InChI is InChI=1S/C44H30/c1-3-40-41(4-2)44-39(28-43(40)30-11-6-5-7-12-30)21-20-38-27-37(22-23-42(38)44)36-19-18-34-25-33(16-17-35(34)26-36)32-15-14-29-10-8-9-13-31(29)24-32/h3-28H,1-2H2. The van der Waals surface area contributed by atoms with Gasteiger partial charge in [0.2, 0.25) is 0 Å². The minimum absolute atomic E-state index is 1.12. The van der Waals surface area contributed by atoms with Crippen LogP contribution >= 0.6 is 0 Å². The Morgan fingerprint density at radius 3 is 1.45 bits per heavy atom. The van der Waals surface area contributed by atoms with E-state index in [0.29, 0.717) is 0 Å². The fourth-order valence-corrected chi connectivity index (χ4v) is 6.72. The van der Waals surface area contributed by atoms with Crippen molar-refractivity contribution in [2.75, 3.05) is 0 Å². The second-order valence-electron chi connectivity index (χ2n) is 11.5. The predicted octanol–water partition coefficient (Wildman–Crippen LogP) is 12.6. The number of fused-ring (bicyclic) bond motifs is 5. The summed E-state index contributed by atoms with van der Waals surface area (Å²) in [5.41, 5.74) is 9.51. The van der Waals surface area contributed by atoms with Crippen LogP contribution in [0.15, 0.2) is 159 Å². The van der Waals surface area contributed by atoms with Crippen molar-refractivity contribution in [3.8, 4) is 33.4 Å². The average molecular weight is 559 g/mol. The molecule has 0 aliphatic heterocycles. The van der Waals surface area contributed by atoms with Crippen LogP contribution in [0.1, 0.15) is 11.1 Å². The Kier molecular flexibility index (Phi) is 6.21. The second-order valence-corrected chi connectivity index (χ2v) is 11.5. The summed E-state index contributed by atoms with van der Waals surface area (Å²) in [6.07, 6.45) is 3.95. The van der Waals surface area contributed by atoms with Crippen molar-refractivity contribution in [1.29, 1.82) is 0 Å². The lowest BCUT2D eigenvalue weighted by molar-refractivity contribution is 1.61. The number of hydrogen-bond acceptors (Lipinski definition) is 0. The summed E-state index contributed by atoms with van der Waals surface area (Å²) in [6, 6.07) is 52.9. The summed E-state index contributed by atoms with van der Waals surface area (Å²) in [5.74, 6) is 0. The third-order valence-corrected chi connectivity index (χ3v) is 8.95. The van der Waals surface area contributed by atoms with Crippen LogP contribution < -0.4 is 0 Å². The first-order valence-electron chi connectivity index (χ1n) is 15.1. The molecule has 8 aromatic rings. The molecular formula is C44H30. The molecule has 0 saturated heterocycles. The monoisotopic (exact) mass is 558 g/mol. The normalized spacial score (nSPS) is 11.4. The Balaban J connectivity index is 1.20. The largest absolute Gasteiger partial charge is 0.0984 e. The Morgan fingerprint density at radius 2 is 0.818 bits per heavy atom. The Bertz CT molecular complexity index is 2410. The molecule has 0 atom stereocenters. The Hall–Kier alpha value is -5.72. The van der Waals surface area contributed by atoms with Crippen LogP contribution in [0.3, 0.4) is 0 Å². The van der Waals surface area contributed by atoms with E-state index in [2.05, 4.69) is 159 Å². The number of rotatable bonds is 5. The molecule has 0 unspecified atom stereocenters. The zero-order valence-corrected chi connectivity index (χ0v) is 24.4. The van der Waals surface area contributed by atoms with E-state index in [1.54, 1.807) is 0 Å². The fraction of sp³-hybridized carbons (Fsp3) is 0. The van der Waals surface area contributed by atoms with Crippen molar-refractivity contribution in [2.45, 2.75) is 0 Å². The van der Waals surface area contributed by atoms with Crippen LogP contribution in [-0.4, -0.2) is 0 Å². The molecule has 8 rings (SSSR count). The maximum atomic E-state index is 4.22. The Labute approximate surface area is 257 Å². The van der Waals surface area contributed by atoms with E-state index >= 15 is 0 Å². The SMILES string of the molecule is C=Cc1c(-c2ccccc2)cc2ccc3cc(-c4ccc5cc(-c6ccc7ccccc7c6)ccc5c4)ccc3c2c1C=C. The van der Waals surface area contributed by atoms with Crippen LogP contribution in [0.4, 0.5) is 0 Å². The third-order valence-electron chi connectivity index (χ3n) is 8.95. The van der Waals surface area contributed by atoms with E-state index < -0.39 is 0 Å². The maximum absolute atomic E-state index is 4.22. The van der Waals surface area contributed by atoms with Crippen LogP contribution in [0.5, 0.6) is 0 Å². The van der Waals surface area contributed by atoms with Crippen molar-refractivity contribution in [3.63, 3.8) is 0 Å². The van der Waals surface area contributed by atoms with E-state index in [9.17, 15) is 0 Å². The molecule has 0 heterocycles. The maximum Gasteiger partial charge on any atom is -0.00266 e. The highest BCUT2D eigenvalue weighted by Crippen LogP contribution is 2.39. The molecular weight excluding hydrogens is 528 g/mol. The summed E-state index contributed by atoms with van der Waals surface area (Å²) in [7, 11) is 0. The van der Waals surface area contributed by atoms with Crippen molar-refractivity contribution < 1.29 is 0 Å². The smallest absolute Gasteiger partial charge is 0.00266 e. The highest BCUT2D eigenvalue weighted by Gasteiger charge is 2.14. The van der Waals surface area contributed by atoms with E-state index in [1.165, 1.54) is 76.5 Å². The number of hydrogen-bond donors (Lipinski definition) is 0. The number of benzene rings is 8. The van der Waals surface area contributed by atoms with Crippen molar-refractivity contribution in [1.82, 2.24) is 0 Å². The first kappa shape index (κ1) is 25.9. The van der Waals surface area contributed by atoms with E-state index in [-0.39, 0.29) is 0 Å². The van der Waals surface area contributed by atoms with Gasteiger partial charge in [0.15, 0.2) is 0 Å². The van der Waals surface area contributed by atoms with Gasteiger partial charge in [-0.25, -0.2) is 0 Å². The van der Waals surface area contributed by atoms with Crippen LogP contribution in [-0.2, 0) is 0 Å². The quantitative estimate of drug-likeness (QED) is 0.184. The van der Waals surface area contributed by atoms with Gasteiger partial charge in [-0.1, -0.05) is 141 Å². The minimum Gasteiger partial charge on any atom is -0.0984 e. The van der Waals surface area contributed by atoms with Gasteiger partial charge >= 0.3 is 0 Å². The molecule has 0 aliphatic rings. The molecule has 0 fully saturated rings. The van der Waals surface area contributed by atoms with Gasteiger partial charge in [-0.05, 0) is 118 Å². The van der Waals surface area contributed by atoms with Gasteiger partial charge in [0.05, 0.1) is 0 Å². The zero-order valence-electron chi connectivity index (χ0n) is 24.4. The van der Waals surface area contributed by atoms with Gasteiger partial charge in [0, 0.05) is 0 Å². The van der Waals surface area contributed by atoms with Gasteiger partial charge in [-0.2, -0.15) is 0 Å². The third kappa shape index (κ3) is 4.32. The van der Waals surface area contributed by atoms with Gasteiger partial charge in [-0.15, -0.1) is 0 Å². The summed E-state index contributed by atoms with van der Waals surface area (Å²) in [5, 5.41) is 9.88. The van der Waals surface area contributed by atoms with E-state index in [4.69, 9.17) is 0 Å². The van der Waals surface area contributed by atoms with Gasteiger partial charge in [0.25, 0.3) is 0 Å². The second kappa shape index (κ2) is 10.5. The molecule has 0 heteroatoms. The molecule has 0 saturated carbocycles. The molecule has 44 heavy (non-hydrogen) atoms. The van der Waals surface area contributed by atoms with Crippen molar-refractivity contribution in [3.05, 3.63) is 170 Å². The topological polar surface area (TPSA) is 0 Å². The lowest BCUT2D eigenvalue weighted by Crippen LogP contribution is -1.92. The molecule has 0 aliphatic carbocycles. The first-order chi connectivity index (χ1) is 21.7. The first-order valence-corrected chi connectivity index (χ1v) is 15.1. The molecule has 8 aromatic carbocycles. The van der Waals surface area contributed by atoms with Gasteiger partial charge < -0.3 is 0 Å². The molecule has 0 aromatic heterocycles. The van der Waals surface area contributed by atoms with Gasteiger partial charge in [-0.3, -0.25) is 0 Å². The summed E-state index contributed by atoms with van der Waals surface area (Å²) < 4.78 is 0. The average Bonchev–Trinajstić information content (AvgIpc) is 3.10. The zero-order chi connectivity index (χ0) is 29.6. The summed E-state index contributed by atoms with van der Waals surface area (Å²) in [4.78, 5) is 0. The van der Waals surface area contributed by atoms with Crippen molar-refractivity contribution in [2.24, 2.45) is 0 Å². The molecule has 0 N–H and O–H groups in total. The lowest BCUT2D eigenvalue weighted by atomic mass is 9.87. The van der Waals surface area contributed by atoms with Crippen LogP contribution in [0.25, 0.3) is 88.6 Å². The summed E-state index contributed by atoms with van der Waals surface area (Å²) in [6.45, 7) is 8.39. The highest BCUT2D eigenvalue weighted by atomic mass is 14.2. The van der Waals surface area contributed by atoms with Gasteiger partial charge in [0.1, 0.15) is 0 Å². The molecule has 0 amide bonds. The van der Waals surface area contributed by atoms with Crippen LogP contribution in [0.2, 0.25) is 0 Å². The lowest BCUT2D eigenvalue weighted by Gasteiger charge is -2.16. The fourth-order valence-electron chi connectivity index (χ4n) is 6.72. The predicted molar refractivity (Wildman–Crippen MR) is 193 cm³/mol. The summed E-state index contributed by atoms with van der Waals surface area (Å²) >= 11 is 0. The van der Waals surface area contributed by atoms with Crippen LogP contribution in [0, 0.1) is 0 Å². The van der Waals surface area contributed by atoms with E-state index in [0.717, 1.165) is 11.1 Å².